The molecule has 6 nitrogen and oxygen atoms in total. The van der Waals surface area contributed by atoms with Crippen LogP contribution in [0.3, 0.4) is 0 Å². The van der Waals surface area contributed by atoms with E-state index in [1.807, 2.05) is 36.4 Å². The van der Waals surface area contributed by atoms with Gasteiger partial charge in [0.1, 0.15) is 12.3 Å². The van der Waals surface area contributed by atoms with Crippen LogP contribution in [0.25, 0.3) is 10.8 Å². The van der Waals surface area contributed by atoms with Gasteiger partial charge >= 0.3 is 0 Å². The number of carbonyl (C=O) groups excluding carboxylic acids is 1. The summed E-state index contributed by atoms with van der Waals surface area (Å²) in [4.78, 5) is 24.4. The molecule has 26 heavy (non-hydrogen) atoms. The van der Waals surface area contributed by atoms with E-state index in [4.69, 9.17) is 4.74 Å². The summed E-state index contributed by atoms with van der Waals surface area (Å²) in [5.41, 5.74) is 0.934. The van der Waals surface area contributed by atoms with Crippen LogP contribution in [-0.2, 0) is 17.8 Å². The molecule has 0 aliphatic rings. The van der Waals surface area contributed by atoms with Crippen molar-refractivity contribution in [3.05, 3.63) is 70.6 Å². The Morgan fingerprint density at radius 2 is 1.92 bits per heavy atom. The summed E-state index contributed by atoms with van der Waals surface area (Å²) in [5, 5.41) is 8.24. The van der Waals surface area contributed by atoms with Gasteiger partial charge in [0.05, 0.1) is 18.7 Å². The number of hydrogen-bond donors (Lipinski definition) is 1. The van der Waals surface area contributed by atoms with Gasteiger partial charge in [-0.05, 0) is 36.6 Å². The number of aromatic nitrogens is 2. The molecular formula is C20H21N3O3. The fraction of sp³-hybridized carbons (Fsp3) is 0.250. The number of amides is 1. The number of nitrogens with one attached hydrogen (secondary N) is 1. The van der Waals surface area contributed by atoms with Gasteiger partial charge in [0.15, 0.2) is 0 Å². The van der Waals surface area contributed by atoms with E-state index in [1.54, 1.807) is 25.4 Å². The molecule has 3 aromatic rings. The number of fused-ring (bicyclic) bond motifs is 1. The van der Waals surface area contributed by atoms with Crippen molar-refractivity contribution >= 4 is 16.7 Å². The highest BCUT2D eigenvalue weighted by Gasteiger charge is 2.08. The van der Waals surface area contributed by atoms with Gasteiger partial charge in [0.25, 0.3) is 5.56 Å². The topological polar surface area (TPSA) is 73.2 Å². The number of aryl methyl sites for hydroxylation is 1. The minimum absolute atomic E-state index is 0.0772. The average Bonchev–Trinajstić information content (AvgIpc) is 2.68. The van der Waals surface area contributed by atoms with Gasteiger partial charge in [-0.3, -0.25) is 9.59 Å². The zero-order valence-electron chi connectivity index (χ0n) is 14.6. The normalized spacial score (nSPS) is 10.7. The van der Waals surface area contributed by atoms with Gasteiger partial charge in [-0.25, -0.2) is 4.68 Å². The Morgan fingerprint density at radius 3 is 2.69 bits per heavy atom. The maximum absolute atomic E-state index is 12.3. The second kappa shape index (κ2) is 8.29. The van der Waals surface area contributed by atoms with Crippen LogP contribution in [0, 0.1) is 0 Å². The molecule has 1 N–H and O–H groups in total. The number of carbonyl (C=O) groups is 1. The molecule has 0 aliphatic carbocycles. The fourth-order valence-electron chi connectivity index (χ4n) is 2.74. The maximum Gasteiger partial charge on any atom is 0.275 e. The number of benzene rings is 2. The predicted octanol–water partition coefficient (Wildman–Crippen LogP) is 2.15. The molecule has 0 fully saturated rings. The number of ether oxygens (including phenoxy) is 1. The first kappa shape index (κ1) is 17.7. The van der Waals surface area contributed by atoms with E-state index >= 15 is 0 Å². The third-order valence-electron chi connectivity index (χ3n) is 4.18. The van der Waals surface area contributed by atoms with Gasteiger partial charge in [0, 0.05) is 11.9 Å². The molecule has 0 unspecified atom stereocenters. The van der Waals surface area contributed by atoms with Crippen molar-refractivity contribution in [1.82, 2.24) is 15.1 Å². The van der Waals surface area contributed by atoms with Crippen LogP contribution in [0.15, 0.2) is 59.5 Å². The minimum atomic E-state index is -0.253. The van der Waals surface area contributed by atoms with E-state index in [0.717, 1.165) is 24.0 Å². The Morgan fingerprint density at radius 1 is 1.15 bits per heavy atom. The Kier molecular flexibility index (Phi) is 5.63. The van der Waals surface area contributed by atoms with Crippen molar-refractivity contribution < 1.29 is 9.53 Å². The Bertz CT molecular complexity index is 948. The number of methoxy groups -OCH3 is 1. The van der Waals surface area contributed by atoms with E-state index in [-0.39, 0.29) is 18.0 Å². The lowest BCUT2D eigenvalue weighted by Gasteiger charge is -2.08. The molecule has 0 radical (unpaired) electrons. The van der Waals surface area contributed by atoms with Gasteiger partial charge in [0.2, 0.25) is 5.91 Å². The van der Waals surface area contributed by atoms with Crippen LogP contribution in [-0.4, -0.2) is 29.3 Å². The first-order valence-electron chi connectivity index (χ1n) is 8.52. The lowest BCUT2D eigenvalue weighted by Crippen LogP contribution is -2.34. The summed E-state index contributed by atoms with van der Waals surface area (Å²) in [7, 11) is 1.64. The second-order valence-corrected chi connectivity index (χ2v) is 6.00. The third kappa shape index (κ3) is 4.27. The first-order valence-corrected chi connectivity index (χ1v) is 8.52. The van der Waals surface area contributed by atoms with Crippen LogP contribution in [0.4, 0.5) is 0 Å². The largest absolute Gasteiger partial charge is 0.497 e. The van der Waals surface area contributed by atoms with Crippen LogP contribution < -0.4 is 15.6 Å². The van der Waals surface area contributed by atoms with Crippen LogP contribution in [0.5, 0.6) is 5.75 Å². The van der Waals surface area contributed by atoms with Crippen molar-refractivity contribution in [2.24, 2.45) is 0 Å². The summed E-state index contributed by atoms with van der Waals surface area (Å²) < 4.78 is 6.32. The first-order chi connectivity index (χ1) is 12.7. The molecule has 0 aliphatic heterocycles. The number of rotatable bonds is 7. The summed E-state index contributed by atoms with van der Waals surface area (Å²) in [6.07, 6.45) is 3.28. The summed E-state index contributed by atoms with van der Waals surface area (Å²) in [6, 6.07) is 15.1. The van der Waals surface area contributed by atoms with E-state index in [9.17, 15) is 9.59 Å². The Labute approximate surface area is 151 Å². The van der Waals surface area contributed by atoms with Crippen molar-refractivity contribution in [2.75, 3.05) is 13.7 Å². The number of nitrogens with zero attached hydrogens (tertiary/aromatic N) is 2. The van der Waals surface area contributed by atoms with Crippen molar-refractivity contribution in [2.45, 2.75) is 19.4 Å². The second-order valence-electron chi connectivity index (χ2n) is 6.00. The van der Waals surface area contributed by atoms with Crippen molar-refractivity contribution in [1.29, 1.82) is 0 Å². The fourth-order valence-corrected chi connectivity index (χ4v) is 2.74. The van der Waals surface area contributed by atoms with Crippen molar-refractivity contribution in [3.63, 3.8) is 0 Å². The molecule has 134 valence electrons. The molecule has 1 heterocycles. The lowest BCUT2D eigenvalue weighted by molar-refractivity contribution is -0.121. The lowest BCUT2D eigenvalue weighted by atomic mass is 10.1. The quantitative estimate of drug-likeness (QED) is 0.662. The highest BCUT2D eigenvalue weighted by Crippen LogP contribution is 2.12. The zero-order chi connectivity index (χ0) is 18.4. The smallest absolute Gasteiger partial charge is 0.275 e. The predicted molar refractivity (Wildman–Crippen MR) is 100 cm³/mol. The highest BCUT2D eigenvalue weighted by atomic mass is 16.5. The molecular weight excluding hydrogens is 330 g/mol. The molecule has 1 aromatic heterocycles. The standard InChI is InChI=1S/C20H21N3O3/c1-26-17-10-8-15(9-11-17)5-4-12-21-19(24)14-23-20(25)18-7-3-2-6-16(18)13-22-23/h2-3,6-11,13H,4-5,12,14H2,1H3,(H,21,24). The third-order valence-corrected chi connectivity index (χ3v) is 4.18. The van der Waals surface area contributed by atoms with E-state index in [0.29, 0.717) is 11.9 Å². The van der Waals surface area contributed by atoms with E-state index < -0.39 is 0 Å². The molecule has 0 saturated heterocycles. The summed E-state index contributed by atoms with van der Waals surface area (Å²) in [6.45, 7) is 0.472. The molecule has 2 aromatic carbocycles. The maximum atomic E-state index is 12.3. The van der Waals surface area contributed by atoms with Crippen LogP contribution >= 0.6 is 0 Å². The van der Waals surface area contributed by atoms with Gasteiger partial charge in [-0.2, -0.15) is 5.10 Å². The molecule has 0 atom stereocenters. The molecule has 0 bridgehead atoms. The number of hydrogen-bond acceptors (Lipinski definition) is 4. The zero-order valence-corrected chi connectivity index (χ0v) is 14.6. The molecule has 6 heteroatoms. The summed E-state index contributed by atoms with van der Waals surface area (Å²) >= 11 is 0. The minimum Gasteiger partial charge on any atom is -0.497 e. The van der Waals surface area contributed by atoms with Gasteiger partial charge in [-0.1, -0.05) is 30.3 Å². The van der Waals surface area contributed by atoms with Gasteiger partial charge < -0.3 is 10.1 Å². The monoisotopic (exact) mass is 351 g/mol. The molecule has 1 amide bonds. The molecule has 3 rings (SSSR count). The average molecular weight is 351 g/mol. The molecule has 0 saturated carbocycles. The highest BCUT2D eigenvalue weighted by molar-refractivity contribution is 5.81. The van der Waals surface area contributed by atoms with Crippen molar-refractivity contribution in [3.8, 4) is 5.75 Å². The summed E-state index contributed by atoms with van der Waals surface area (Å²) in [5.74, 6) is 0.611. The van der Waals surface area contributed by atoms with E-state index in [1.165, 1.54) is 10.2 Å². The Balaban J connectivity index is 1.50. The Hall–Kier alpha value is -3.15. The molecule has 0 spiro atoms. The van der Waals surface area contributed by atoms with E-state index in [2.05, 4.69) is 10.4 Å². The van der Waals surface area contributed by atoms with Gasteiger partial charge in [-0.15, -0.1) is 0 Å². The van der Waals surface area contributed by atoms with Crippen LogP contribution in [0.2, 0.25) is 0 Å². The van der Waals surface area contributed by atoms with Crippen LogP contribution in [0.1, 0.15) is 12.0 Å². The SMILES string of the molecule is COc1ccc(CCCNC(=O)Cn2ncc3ccccc3c2=O)cc1.